The van der Waals surface area contributed by atoms with E-state index in [1.165, 1.54) is 0 Å². The molecule has 3 heterocycles. The topological polar surface area (TPSA) is 69.4 Å². The van der Waals surface area contributed by atoms with E-state index >= 15 is 0 Å². The Labute approximate surface area is 174 Å². The number of benzene rings is 2. The Kier molecular flexibility index (Phi) is 4.85. The molecular weight excluding hydrogens is 378 g/mol. The van der Waals surface area contributed by atoms with Gasteiger partial charge in [0.15, 0.2) is 0 Å². The van der Waals surface area contributed by atoms with E-state index in [2.05, 4.69) is 9.97 Å². The number of nitrogens with zero attached hydrogens (tertiary/aromatic N) is 3. The van der Waals surface area contributed by atoms with Crippen molar-refractivity contribution in [1.82, 2.24) is 14.5 Å². The first-order valence-electron chi connectivity index (χ1n) is 10.1. The maximum Gasteiger partial charge on any atom is 0.147 e. The lowest BCUT2D eigenvalue weighted by molar-refractivity contribution is 0.0504. The molecule has 6 nitrogen and oxygen atoms in total. The molecule has 6 heteroatoms. The minimum Gasteiger partial charge on any atom is -0.493 e. The van der Waals surface area contributed by atoms with Crippen LogP contribution in [0.25, 0.3) is 11.0 Å². The standard InChI is InChI=1S/C24H23N3O3/c1-27-21-7-3-2-6-20(21)26-23(27)15-29-18-8-9-22-19(12-18)24(28)17(14-30-22)11-16-5-4-10-25-13-16/h2-10,12-13,17,24,28H,11,14-15H2,1H3. The number of aliphatic hydroxyl groups excluding tert-OH is 1. The number of fused-ring (bicyclic) bond motifs is 2. The summed E-state index contributed by atoms with van der Waals surface area (Å²) in [5.74, 6) is 2.21. The predicted molar refractivity (Wildman–Crippen MR) is 113 cm³/mol. The number of pyridine rings is 1. The summed E-state index contributed by atoms with van der Waals surface area (Å²) in [4.78, 5) is 8.81. The van der Waals surface area contributed by atoms with Gasteiger partial charge >= 0.3 is 0 Å². The van der Waals surface area contributed by atoms with Gasteiger partial charge in [-0.05, 0) is 48.4 Å². The van der Waals surface area contributed by atoms with Gasteiger partial charge in [0.1, 0.15) is 23.9 Å². The van der Waals surface area contributed by atoms with Gasteiger partial charge in [-0.25, -0.2) is 4.98 Å². The molecule has 0 saturated carbocycles. The van der Waals surface area contributed by atoms with Crippen LogP contribution in [0.3, 0.4) is 0 Å². The maximum absolute atomic E-state index is 11.0. The number of hydrogen-bond acceptors (Lipinski definition) is 5. The molecule has 2 unspecified atom stereocenters. The summed E-state index contributed by atoms with van der Waals surface area (Å²) in [6.45, 7) is 0.823. The van der Waals surface area contributed by atoms with Crippen LogP contribution in [0.15, 0.2) is 67.0 Å². The van der Waals surface area contributed by atoms with E-state index in [-0.39, 0.29) is 5.92 Å². The predicted octanol–water partition coefficient (Wildman–Crippen LogP) is 3.83. The van der Waals surface area contributed by atoms with Crippen LogP contribution in [-0.2, 0) is 20.1 Å². The highest BCUT2D eigenvalue weighted by Gasteiger charge is 2.30. The third-order valence-corrected chi connectivity index (χ3v) is 5.67. The zero-order valence-electron chi connectivity index (χ0n) is 16.7. The second-order valence-electron chi connectivity index (χ2n) is 7.65. The van der Waals surface area contributed by atoms with Crippen molar-refractivity contribution >= 4 is 11.0 Å². The van der Waals surface area contributed by atoms with Crippen molar-refractivity contribution in [2.75, 3.05) is 6.61 Å². The van der Waals surface area contributed by atoms with Crippen LogP contribution in [-0.4, -0.2) is 26.2 Å². The molecule has 4 aromatic rings. The van der Waals surface area contributed by atoms with E-state index in [1.807, 2.05) is 72.4 Å². The van der Waals surface area contributed by atoms with E-state index in [9.17, 15) is 5.11 Å². The van der Waals surface area contributed by atoms with Gasteiger partial charge < -0.3 is 19.1 Å². The van der Waals surface area contributed by atoms with E-state index in [0.29, 0.717) is 31.1 Å². The van der Waals surface area contributed by atoms with Crippen LogP contribution < -0.4 is 9.47 Å². The van der Waals surface area contributed by atoms with Crippen molar-refractivity contribution in [1.29, 1.82) is 0 Å². The Morgan fingerprint density at radius 2 is 2.07 bits per heavy atom. The molecule has 1 aliphatic heterocycles. The molecule has 0 spiro atoms. The molecule has 0 saturated heterocycles. The first-order chi connectivity index (χ1) is 14.7. The number of aryl methyl sites for hydroxylation is 1. The van der Waals surface area contributed by atoms with Gasteiger partial charge in [-0.1, -0.05) is 18.2 Å². The molecular formula is C24H23N3O3. The molecule has 30 heavy (non-hydrogen) atoms. The molecule has 2 aromatic carbocycles. The van der Waals surface area contributed by atoms with Crippen molar-refractivity contribution in [3.63, 3.8) is 0 Å². The van der Waals surface area contributed by atoms with Gasteiger partial charge in [0.25, 0.3) is 0 Å². The Morgan fingerprint density at radius 3 is 2.90 bits per heavy atom. The molecule has 0 radical (unpaired) electrons. The quantitative estimate of drug-likeness (QED) is 0.550. The number of ether oxygens (including phenoxy) is 2. The molecule has 1 N–H and O–H groups in total. The van der Waals surface area contributed by atoms with Crippen LogP contribution in [0.5, 0.6) is 11.5 Å². The highest BCUT2D eigenvalue weighted by atomic mass is 16.5. The second kappa shape index (κ2) is 7.80. The van der Waals surface area contributed by atoms with Crippen LogP contribution in [0.1, 0.15) is 23.1 Å². The van der Waals surface area contributed by atoms with E-state index < -0.39 is 6.10 Å². The largest absolute Gasteiger partial charge is 0.493 e. The van der Waals surface area contributed by atoms with E-state index in [1.54, 1.807) is 6.20 Å². The summed E-state index contributed by atoms with van der Waals surface area (Å²) in [6.07, 6.45) is 3.67. The Hall–Kier alpha value is -3.38. The SMILES string of the molecule is Cn1c(COc2ccc3c(c2)C(O)C(Cc2cccnc2)CO3)nc2ccccc21. The molecule has 5 rings (SSSR count). The number of aromatic nitrogens is 3. The third kappa shape index (κ3) is 3.50. The molecule has 0 fully saturated rings. The number of rotatable bonds is 5. The van der Waals surface area contributed by atoms with Gasteiger partial charge in [-0.3, -0.25) is 4.98 Å². The van der Waals surface area contributed by atoms with Gasteiger partial charge in [-0.2, -0.15) is 0 Å². The normalized spacial score (nSPS) is 18.1. The van der Waals surface area contributed by atoms with Crippen LogP contribution in [0, 0.1) is 5.92 Å². The van der Waals surface area contributed by atoms with Crippen LogP contribution in [0.4, 0.5) is 0 Å². The highest BCUT2D eigenvalue weighted by molar-refractivity contribution is 5.75. The maximum atomic E-state index is 11.0. The Morgan fingerprint density at radius 1 is 1.17 bits per heavy atom. The summed E-state index contributed by atoms with van der Waals surface area (Å²) < 4.78 is 14.0. The van der Waals surface area contributed by atoms with Gasteiger partial charge in [0.05, 0.1) is 23.7 Å². The summed E-state index contributed by atoms with van der Waals surface area (Å²) in [7, 11) is 1.99. The minimum atomic E-state index is -0.617. The zero-order chi connectivity index (χ0) is 20.5. The highest BCUT2D eigenvalue weighted by Crippen LogP contribution is 2.39. The van der Waals surface area contributed by atoms with Crippen LogP contribution >= 0.6 is 0 Å². The molecule has 152 valence electrons. The van der Waals surface area contributed by atoms with Crippen LogP contribution in [0.2, 0.25) is 0 Å². The number of aliphatic hydroxyl groups is 1. The summed E-state index contributed by atoms with van der Waals surface area (Å²) in [6, 6.07) is 17.6. The van der Waals surface area contributed by atoms with Crippen molar-refractivity contribution in [3.8, 4) is 11.5 Å². The fourth-order valence-corrected chi connectivity index (χ4v) is 3.99. The summed E-state index contributed by atoms with van der Waals surface area (Å²) in [5.41, 5.74) is 3.87. The monoisotopic (exact) mass is 401 g/mol. The number of imidazole rings is 1. The Balaban J connectivity index is 1.33. The zero-order valence-corrected chi connectivity index (χ0v) is 16.7. The first kappa shape index (κ1) is 18.6. The molecule has 0 amide bonds. The minimum absolute atomic E-state index is 0.0308. The van der Waals surface area contributed by atoms with E-state index in [0.717, 1.165) is 28.0 Å². The first-order valence-corrected chi connectivity index (χ1v) is 10.1. The molecule has 1 aliphatic rings. The van der Waals surface area contributed by atoms with Crippen molar-refractivity contribution < 1.29 is 14.6 Å². The van der Waals surface area contributed by atoms with Gasteiger partial charge in [0.2, 0.25) is 0 Å². The lowest BCUT2D eigenvalue weighted by atomic mass is 9.88. The summed E-state index contributed by atoms with van der Waals surface area (Å²) in [5, 5.41) is 11.0. The number of hydrogen-bond donors (Lipinski definition) is 1. The lowest BCUT2D eigenvalue weighted by Crippen LogP contribution is -2.27. The lowest BCUT2D eigenvalue weighted by Gasteiger charge is -2.30. The van der Waals surface area contributed by atoms with Crippen molar-refractivity contribution in [2.24, 2.45) is 13.0 Å². The van der Waals surface area contributed by atoms with E-state index in [4.69, 9.17) is 9.47 Å². The van der Waals surface area contributed by atoms with Gasteiger partial charge in [-0.15, -0.1) is 0 Å². The Bertz CT molecular complexity index is 1170. The van der Waals surface area contributed by atoms with Crippen molar-refractivity contribution in [3.05, 3.63) is 83.9 Å². The average Bonchev–Trinajstić information content (AvgIpc) is 3.11. The average molecular weight is 401 g/mol. The fourth-order valence-electron chi connectivity index (χ4n) is 3.99. The van der Waals surface area contributed by atoms with Gasteiger partial charge in [0, 0.05) is 30.9 Å². The fraction of sp³-hybridized carbons (Fsp3) is 0.250. The third-order valence-electron chi connectivity index (χ3n) is 5.67. The molecule has 2 aromatic heterocycles. The molecule has 0 bridgehead atoms. The summed E-state index contributed by atoms with van der Waals surface area (Å²) >= 11 is 0. The second-order valence-corrected chi connectivity index (χ2v) is 7.65. The molecule has 0 aliphatic carbocycles. The van der Waals surface area contributed by atoms with Crippen molar-refractivity contribution in [2.45, 2.75) is 19.1 Å². The number of para-hydroxylation sites is 2. The molecule has 2 atom stereocenters. The smallest absolute Gasteiger partial charge is 0.147 e.